The average Bonchev–Trinajstić information content (AvgIpc) is 2.73. The lowest BCUT2D eigenvalue weighted by atomic mass is 10.0. The average molecular weight is 511 g/mol. The number of ether oxygens (including phenoxy) is 3. The summed E-state index contributed by atoms with van der Waals surface area (Å²) in [5, 5.41) is 0. The van der Waals surface area contributed by atoms with Crippen LogP contribution in [0.25, 0.3) is 0 Å². The molecule has 0 aliphatic heterocycles. The molecule has 0 fully saturated rings. The minimum atomic E-state index is -4.80. The van der Waals surface area contributed by atoms with Gasteiger partial charge in [0, 0.05) is 13.0 Å². The van der Waals surface area contributed by atoms with Gasteiger partial charge in [0.15, 0.2) is 0 Å². The third-order valence-electron chi connectivity index (χ3n) is 5.45. The van der Waals surface area contributed by atoms with E-state index in [-0.39, 0.29) is 13.0 Å². The number of carbonyl (C=O) groups is 1. The highest BCUT2D eigenvalue weighted by Gasteiger charge is 2.26. The Morgan fingerprint density at radius 3 is 1.56 bits per heavy atom. The van der Waals surface area contributed by atoms with Crippen LogP contribution in [0.15, 0.2) is 0 Å². The Hall–Kier alpha value is -0.660. The summed E-state index contributed by atoms with van der Waals surface area (Å²) in [7, 11) is -4.80. The molecule has 34 heavy (non-hydrogen) atoms. The van der Waals surface area contributed by atoms with E-state index in [1.165, 1.54) is 89.9 Å². The van der Waals surface area contributed by atoms with Crippen LogP contribution in [0.3, 0.4) is 0 Å². The minimum Gasteiger partial charge on any atom is -0.432 e. The molecule has 0 saturated carbocycles. The number of hydrogen-bond donors (Lipinski definition) is 2. The van der Waals surface area contributed by atoms with Crippen molar-refractivity contribution in [2.45, 2.75) is 142 Å². The van der Waals surface area contributed by atoms with Crippen LogP contribution in [0.4, 0.5) is 4.79 Å². The fraction of sp³-hybridized carbons (Fsp3) is 0.960. The van der Waals surface area contributed by atoms with Crippen molar-refractivity contribution in [3.05, 3.63) is 0 Å². The van der Waals surface area contributed by atoms with Gasteiger partial charge in [-0.2, -0.15) is 0 Å². The molecule has 0 heterocycles. The van der Waals surface area contributed by atoms with E-state index in [0.717, 1.165) is 12.8 Å². The van der Waals surface area contributed by atoms with Gasteiger partial charge in [0.05, 0.1) is 12.7 Å². The van der Waals surface area contributed by atoms with E-state index in [4.69, 9.17) is 24.0 Å². The van der Waals surface area contributed by atoms with Crippen molar-refractivity contribution < 1.29 is 37.9 Å². The lowest BCUT2D eigenvalue weighted by molar-refractivity contribution is -0.0927. The Bertz CT molecular complexity index is 509. The summed E-state index contributed by atoms with van der Waals surface area (Å²) in [6.07, 6.45) is 18.1. The van der Waals surface area contributed by atoms with Crippen molar-refractivity contribution in [3.63, 3.8) is 0 Å². The quantitative estimate of drug-likeness (QED) is 0.0589. The number of hydrogen-bond acceptors (Lipinski definition) is 6. The number of unbranched alkanes of at least 4 members (excludes halogenated alkanes) is 15. The zero-order valence-electron chi connectivity index (χ0n) is 21.9. The molecule has 0 amide bonds. The minimum absolute atomic E-state index is 0.0111. The first-order chi connectivity index (χ1) is 16.2. The van der Waals surface area contributed by atoms with Gasteiger partial charge in [0.2, 0.25) is 6.29 Å². The number of carbonyl (C=O) groups excluding carboxylic acids is 1. The molecular weight excluding hydrogens is 459 g/mol. The molecule has 1 unspecified atom stereocenters. The van der Waals surface area contributed by atoms with Crippen molar-refractivity contribution in [1.82, 2.24) is 0 Å². The fourth-order valence-electron chi connectivity index (χ4n) is 3.65. The lowest BCUT2D eigenvalue weighted by Gasteiger charge is -2.19. The summed E-state index contributed by atoms with van der Waals surface area (Å²) in [6, 6.07) is 0. The van der Waals surface area contributed by atoms with Gasteiger partial charge < -0.3 is 24.0 Å². The second-order valence-electron chi connectivity index (χ2n) is 9.26. The lowest BCUT2D eigenvalue weighted by Crippen LogP contribution is -2.24. The van der Waals surface area contributed by atoms with Crippen molar-refractivity contribution in [1.29, 1.82) is 0 Å². The molecule has 1 atom stereocenters. The van der Waals surface area contributed by atoms with Gasteiger partial charge in [-0.05, 0) is 20.3 Å². The summed E-state index contributed by atoms with van der Waals surface area (Å²) < 4.78 is 30.7. The molecule has 0 aliphatic carbocycles. The summed E-state index contributed by atoms with van der Waals surface area (Å²) in [5.74, 6) is 0. The van der Waals surface area contributed by atoms with Gasteiger partial charge >= 0.3 is 14.0 Å². The van der Waals surface area contributed by atoms with Crippen LogP contribution in [-0.2, 0) is 23.3 Å². The van der Waals surface area contributed by atoms with Crippen LogP contribution < -0.4 is 0 Å². The van der Waals surface area contributed by atoms with E-state index in [1.54, 1.807) is 13.8 Å². The smallest absolute Gasteiger partial charge is 0.432 e. The van der Waals surface area contributed by atoms with E-state index < -0.39 is 26.4 Å². The molecule has 0 aromatic carbocycles. The molecule has 0 rings (SSSR count). The van der Waals surface area contributed by atoms with Crippen LogP contribution in [0.1, 0.15) is 130 Å². The van der Waals surface area contributed by atoms with Gasteiger partial charge in [0.25, 0.3) is 0 Å². The van der Waals surface area contributed by atoms with Crippen LogP contribution in [0, 0.1) is 0 Å². The summed E-state index contributed by atoms with van der Waals surface area (Å²) in [4.78, 5) is 29.4. The zero-order valence-corrected chi connectivity index (χ0v) is 22.8. The molecule has 0 bridgehead atoms. The maximum Gasteiger partial charge on any atom is 0.510 e. The Morgan fingerprint density at radius 1 is 0.706 bits per heavy atom. The highest BCUT2D eigenvalue weighted by atomic mass is 31.2. The van der Waals surface area contributed by atoms with E-state index >= 15 is 0 Å². The highest BCUT2D eigenvalue weighted by molar-refractivity contribution is 7.46. The predicted octanol–water partition coefficient (Wildman–Crippen LogP) is 7.65. The van der Waals surface area contributed by atoms with E-state index in [9.17, 15) is 9.36 Å². The standard InChI is InChI=1S/C25H51O8P/c1-4-5-6-7-8-9-10-11-12-13-14-15-16-17-18-19-21-30-22-20-24(33-34(27,28)29)32-25(26)31-23(2)3/h23-24H,4-22H2,1-3H3,(H2,27,28,29). The maximum atomic E-state index is 11.5. The van der Waals surface area contributed by atoms with Crippen molar-refractivity contribution in [3.8, 4) is 0 Å². The van der Waals surface area contributed by atoms with Crippen LogP contribution >= 0.6 is 7.82 Å². The van der Waals surface area contributed by atoms with Crippen LogP contribution in [-0.4, -0.2) is 41.5 Å². The van der Waals surface area contributed by atoms with Crippen LogP contribution in [0.2, 0.25) is 0 Å². The highest BCUT2D eigenvalue weighted by Crippen LogP contribution is 2.38. The van der Waals surface area contributed by atoms with Crippen molar-refractivity contribution >= 4 is 14.0 Å². The number of phosphoric acid groups is 1. The van der Waals surface area contributed by atoms with Crippen LogP contribution in [0.5, 0.6) is 0 Å². The topological polar surface area (TPSA) is 112 Å². The largest absolute Gasteiger partial charge is 0.510 e. The third-order valence-corrected chi connectivity index (χ3v) is 5.96. The molecule has 0 aromatic heterocycles. The predicted molar refractivity (Wildman–Crippen MR) is 135 cm³/mol. The van der Waals surface area contributed by atoms with E-state index in [2.05, 4.69) is 11.4 Å². The maximum absolute atomic E-state index is 11.5. The first kappa shape index (κ1) is 33.3. The Balaban J connectivity index is 3.54. The summed E-state index contributed by atoms with van der Waals surface area (Å²) in [6.45, 7) is 6.26. The molecule has 8 nitrogen and oxygen atoms in total. The zero-order chi connectivity index (χ0) is 25.5. The van der Waals surface area contributed by atoms with Gasteiger partial charge in [0.1, 0.15) is 0 Å². The molecule has 0 aliphatic rings. The molecule has 2 N–H and O–H groups in total. The SMILES string of the molecule is CCCCCCCCCCCCCCCCCCOCCC(OC(=O)OC(C)C)OP(=O)(O)O. The number of rotatable bonds is 24. The molecular formula is C25H51O8P. The van der Waals surface area contributed by atoms with Crippen molar-refractivity contribution in [2.24, 2.45) is 0 Å². The molecule has 0 aromatic rings. The fourth-order valence-corrected chi connectivity index (χ4v) is 4.10. The summed E-state index contributed by atoms with van der Waals surface area (Å²) in [5.41, 5.74) is 0. The Kier molecular flexibility index (Phi) is 22.3. The molecule has 204 valence electrons. The monoisotopic (exact) mass is 510 g/mol. The third kappa shape index (κ3) is 26.0. The molecule has 0 spiro atoms. The Labute approximate surface area is 207 Å². The van der Waals surface area contributed by atoms with E-state index in [1.807, 2.05) is 0 Å². The van der Waals surface area contributed by atoms with Crippen molar-refractivity contribution in [2.75, 3.05) is 13.2 Å². The van der Waals surface area contributed by atoms with E-state index in [0.29, 0.717) is 6.61 Å². The second kappa shape index (κ2) is 22.8. The molecule has 9 heteroatoms. The Morgan fingerprint density at radius 2 is 1.15 bits per heavy atom. The normalized spacial score (nSPS) is 12.8. The van der Waals surface area contributed by atoms with Gasteiger partial charge in [-0.3, -0.25) is 0 Å². The van der Waals surface area contributed by atoms with Gasteiger partial charge in [-0.1, -0.05) is 103 Å². The van der Waals surface area contributed by atoms with Gasteiger partial charge in [-0.15, -0.1) is 0 Å². The molecule has 0 saturated heterocycles. The first-order valence-corrected chi connectivity index (χ1v) is 15.0. The second-order valence-corrected chi connectivity index (χ2v) is 10.5. The van der Waals surface area contributed by atoms with Gasteiger partial charge in [-0.25, -0.2) is 13.9 Å². The first-order valence-electron chi connectivity index (χ1n) is 13.4. The number of phosphoric ester groups is 1. The summed E-state index contributed by atoms with van der Waals surface area (Å²) >= 11 is 0. The molecule has 0 radical (unpaired) electrons.